The molecule has 1 rings (SSSR count). The van der Waals surface area contributed by atoms with Crippen molar-refractivity contribution >= 4 is 5.96 Å². The van der Waals surface area contributed by atoms with Gasteiger partial charge in [0.2, 0.25) is 0 Å². The van der Waals surface area contributed by atoms with E-state index in [1.54, 1.807) is 0 Å². The van der Waals surface area contributed by atoms with Crippen molar-refractivity contribution in [2.75, 3.05) is 45.9 Å². The molecule has 1 atom stereocenters. The van der Waals surface area contributed by atoms with Crippen LogP contribution in [0.2, 0.25) is 0 Å². The van der Waals surface area contributed by atoms with Gasteiger partial charge in [0.15, 0.2) is 5.96 Å². The van der Waals surface area contributed by atoms with Crippen molar-refractivity contribution in [2.45, 2.75) is 40.2 Å². The zero-order valence-corrected chi connectivity index (χ0v) is 13.6. The third kappa shape index (κ3) is 7.10. The molecule has 0 amide bonds. The Labute approximate surface area is 124 Å². The molecule has 1 aliphatic heterocycles. The summed E-state index contributed by atoms with van der Waals surface area (Å²) in [6.45, 7) is 15.4. The molecule has 118 valence electrons. The molecule has 1 unspecified atom stereocenters. The summed E-state index contributed by atoms with van der Waals surface area (Å²) in [7, 11) is 0. The van der Waals surface area contributed by atoms with Crippen LogP contribution in [-0.4, -0.2) is 62.8 Å². The van der Waals surface area contributed by atoms with Crippen LogP contribution in [0.5, 0.6) is 0 Å². The molecule has 5 heteroatoms. The van der Waals surface area contributed by atoms with Gasteiger partial charge < -0.3 is 15.4 Å². The van der Waals surface area contributed by atoms with Gasteiger partial charge >= 0.3 is 0 Å². The first-order valence-corrected chi connectivity index (χ1v) is 8.01. The van der Waals surface area contributed by atoms with E-state index in [0.717, 1.165) is 58.3 Å². The topological polar surface area (TPSA) is 48.9 Å². The Kier molecular flexibility index (Phi) is 8.62. The fourth-order valence-electron chi connectivity index (χ4n) is 2.35. The molecule has 0 radical (unpaired) electrons. The monoisotopic (exact) mass is 284 g/mol. The molecular formula is C15H32N4O. The van der Waals surface area contributed by atoms with Gasteiger partial charge in [0, 0.05) is 32.7 Å². The van der Waals surface area contributed by atoms with Crippen LogP contribution in [0.4, 0.5) is 0 Å². The first kappa shape index (κ1) is 17.2. The Morgan fingerprint density at radius 1 is 1.35 bits per heavy atom. The summed E-state index contributed by atoms with van der Waals surface area (Å²) in [5.41, 5.74) is 0. The number of aliphatic imine (C=N–C) groups is 1. The number of guanidine groups is 1. The fraction of sp³-hybridized carbons (Fsp3) is 0.933. The summed E-state index contributed by atoms with van der Waals surface area (Å²) >= 11 is 0. The Hall–Kier alpha value is -0.810. The minimum atomic E-state index is 0.222. The predicted octanol–water partition coefficient (Wildman–Crippen LogP) is 1.31. The maximum Gasteiger partial charge on any atom is 0.191 e. The van der Waals surface area contributed by atoms with E-state index < -0.39 is 0 Å². The second-order valence-electron chi connectivity index (χ2n) is 5.79. The number of nitrogens with zero attached hydrogens (tertiary/aromatic N) is 2. The summed E-state index contributed by atoms with van der Waals surface area (Å²) in [5, 5.41) is 6.59. The Balaban J connectivity index is 2.40. The normalized spacial score (nSPS) is 21.2. The molecule has 20 heavy (non-hydrogen) atoms. The van der Waals surface area contributed by atoms with E-state index in [9.17, 15) is 0 Å². The van der Waals surface area contributed by atoms with Crippen molar-refractivity contribution in [3.05, 3.63) is 0 Å². The van der Waals surface area contributed by atoms with Crippen LogP contribution in [0.1, 0.15) is 34.1 Å². The van der Waals surface area contributed by atoms with Gasteiger partial charge in [0.1, 0.15) is 0 Å². The van der Waals surface area contributed by atoms with Crippen LogP contribution in [-0.2, 0) is 4.74 Å². The molecule has 0 aromatic carbocycles. The highest BCUT2D eigenvalue weighted by molar-refractivity contribution is 5.79. The lowest BCUT2D eigenvalue weighted by Crippen LogP contribution is -2.46. The molecule has 1 heterocycles. The van der Waals surface area contributed by atoms with E-state index in [2.05, 4.69) is 48.2 Å². The van der Waals surface area contributed by atoms with Gasteiger partial charge in [-0.25, -0.2) is 0 Å². The maximum atomic E-state index is 5.82. The minimum Gasteiger partial charge on any atom is -0.374 e. The van der Waals surface area contributed by atoms with Crippen molar-refractivity contribution in [1.29, 1.82) is 0 Å². The van der Waals surface area contributed by atoms with Crippen LogP contribution < -0.4 is 10.6 Å². The molecule has 0 aromatic heterocycles. The fourth-order valence-corrected chi connectivity index (χ4v) is 2.35. The second-order valence-corrected chi connectivity index (χ2v) is 5.79. The molecule has 1 saturated heterocycles. The summed E-state index contributed by atoms with van der Waals surface area (Å²) in [4.78, 5) is 7.12. The van der Waals surface area contributed by atoms with Crippen molar-refractivity contribution < 1.29 is 4.74 Å². The van der Waals surface area contributed by atoms with Crippen molar-refractivity contribution in [1.82, 2.24) is 15.5 Å². The Morgan fingerprint density at radius 3 is 2.80 bits per heavy atom. The summed E-state index contributed by atoms with van der Waals surface area (Å²) in [6, 6.07) is 0. The lowest BCUT2D eigenvalue weighted by molar-refractivity contribution is -0.0261. The van der Waals surface area contributed by atoms with Crippen LogP contribution in [0.3, 0.4) is 0 Å². The average Bonchev–Trinajstić information content (AvgIpc) is 2.41. The highest BCUT2D eigenvalue weighted by atomic mass is 16.5. The van der Waals surface area contributed by atoms with Crippen molar-refractivity contribution in [2.24, 2.45) is 10.9 Å². The second kappa shape index (κ2) is 10.00. The van der Waals surface area contributed by atoms with Crippen molar-refractivity contribution in [3.63, 3.8) is 0 Å². The Bertz CT molecular complexity index is 281. The van der Waals surface area contributed by atoms with Crippen LogP contribution in [0.15, 0.2) is 4.99 Å². The van der Waals surface area contributed by atoms with Crippen LogP contribution in [0, 0.1) is 5.92 Å². The van der Waals surface area contributed by atoms with Crippen LogP contribution in [0.25, 0.3) is 0 Å². The molecule has 0 aliphatic carbocycles. The molecular weight excluding hydrogens is 252 g/mol. The molecule has 1 fully saturated rings. The number of ether oxygens (including phenoxy) is 1. The molecule has 5 nitrogen and oxygen atoms in total. The minimum absolute atomic E-state index is 0.222. The number of hydrogen-bond acceptors (Lipinski definition) is 3. The van der Waals surface area contributed by atoms with Gasteiger partial charge in [-0.05, 0) is 19.3 Å². The highest BCUT2D eigenvalue weighted by Gasteiger charge is 2.20. The molecule has 2 N–H and O–H groups in total. The Morgan fingerprint density at radius 2 is 2.15 bits per heavy atom. The third-order valence-electron chi connectivity index (χ3n) is 3.19. The molecule has 0 bridgehead atoms. The SMILES string of the molecule is CCCNC(=NCC1CN(CC(C)C)CCO1)NCC. The smallest absolute Gasteiger partial charge is 0.191 e. The molecule has 1 aliphatic rings. The maximum absolute atomic E-state index is 5.82. The van der Waals surface area contributed by atoms with Crippen molar-refractivity contribution in [3.8, 4) is 0 Å². The summed E-state index contributed by atoms with van der Waals surface area (Å²) in [6.07, 6.45) is 1.33. The van der Waals surface area contributed by atoms with E-state index in [1.807, 2.05) is 0 Å². The van der Waals surface area contributed by atoms with Gasteiger partial charge in [0.05, 0.1) is 19.3 Å². The van der Waals surface area contributed by atoms with Gasteiger partial charge in [0.25, 0.3) is 0 Å². The zero-order chi connectivity index (χ0) is 14.8. The van der Waals surface area contributed by atoms with E-state index in [0.29, 0.717) is 5.92 Å². The first-order chi connectivity index (χ1) is 9.65. The lowest BCUT2D eigenvalue weighted by Gasteiger charge is -2.33. The predicted molar refractivity (Wildman–Crippen MR) is 85.3 cm³/mol. The van der Waals surface area contributed by atoms with E-state index >= 15 is 0 Å². The van der Waals surface area contributed by atoms with Gasteiger partial charge in [-0.1, -0.05) is 20.8 Å². The third-order valence-corrected chi connectivity index (χ3v) is 3.19. The molecule has 0 spiro atoms. The number of morpholine rings is 1. The average molecular weight is 284 g/mol. The number of nitrogens with one attached hydrogen (secondary N) is 2. The molecule has 0 saturated carbocycles. The summed E-state index contributed by atoms with van der Waals surface area (Å²) < 4.78 is 5.82. The van der Waals surface area contributed by atoms with E-state index in [-0.39, 0.29) is 6.10 Å². The van der Waals surface area contributed by atoms with Gasteiger partial charge in [-0.2, -0.15) is 0 Å². The molecule has 0 aromatic rings. The van der Waals surface area contributed by atoms with Gasteiger partial charge in [-0.15, -0.1) is 0 Å². The number of hydrogen-bond donors (Lipinski definition) is 2. The lowest BCUT2D eigenvalue weighted by atomic mass is 10.2. The van der Waals surface area contributed by atoms with E-state index in [1.165, 1.54) is 0 Å². The zero-order valence-electron chi connectivity index (χ0n) is 13.6. The first-order valence-electron chi connectivity index (χ1n) is 8.01. The quantitative estimate of drug-likeness (QED) is 0.547. The largest absolute Gasteiger partial charge is 0.374 e. The standard InChI is InChI=1S/C15H32N4O/c1-5-7-17-15(16-6-2)18-10-14-12-19(8-9-20-14)11-13(3)4/h13-14H,5-12H2,1-4H3,(H2,16,17,18). The highest BCUT2D eigenvalue weighted by Crippen LogP contribution is 2.08. The van der Waals surface area contributed by atoms with Gasteiger partial charge in [-0.3, -0.25) is 9.89 Å². The van der Waals surface area contributed by atoms with Crippen LogP contribution >= 0.6 is 0 Å². The number of rotatable bonds is 7. The van der Waals surface area contributed by atoms with E-state index in [4.69, 9.17) is 4.74 Å². The summed E-state index contributed by atoms with van der Waals surface area (Å²) in [5.74, 6) is 1.61.